The standard InChI is InChI=1S/C27H36F3N5O2S/c1-18-17-33(20(3)36)19(2)16-32(18)12-8-6-7-9-13-34-25(38)35(24(37)26(34,4)5)22-11-10-21(15-31)23(14-22)27(28,29)30/h10-11,14,18-19H,6-9,12-13,16-17H2,1-5H3. The fourth-order valence-corrected chi connectivity index (χ4v) is 5.84. The molecule has 11 heteroatoms. The minimum Gasteiger partial charge on any atom is -0.337 e. The topological polar surface area (TPSA) is 70.9 Å². The summed E-state index contributed by atoms with van der Waals surface area (Å²) >= 11 is 5.56. The van der Waals surface area contributed by atoms with E-state index in [1.54, 1.807) is 31.7 Å². The molecule has 2 saturated heterocycles. The number of carbonyl (C=O) groups is 2. The highest BCUT2D eigenvalue weighted by molar-refractivity contribution is 7.80. The first-order chi connectivity index (χ1) is 17.7. The van der Waals surface area contributed by atoms with Gasteiger partial charge in [0.1, 0.15) is 5.54 Å². The van der Waals surface area contributed by atoms with Gasteiger partial charge in [-0.2, -0.15) is 18.4 Å². The molecule has 0 spiro atoms. The lowest BCUT2D eigenvalue weighted by atomic mass is 10.0. The van der Waals surface area contributed by atoms with Crippen molar-refractivity contribution in [2.24, 2.45) is 0 Å². The Morgan fingerprint density at radius 3 is 2.32 bits per heavy atom. The van der Waals surface area contributed by atoms with Crippen LogP contribution < -0.4 is 4.90 Å². The van der Waals surface area contributed by atoms with Crippen molar-refractivity contribution in [1.29, 1.82) is 5.26 Å². The number of piperazine rings is 1. The summed E-state index contributed by atoms with van der Waals surface area (Å²) in [6.45, 7) is 12.4. The van der Waals surface area contributed by atoms with E-state index in [-0.39, 0.29) is 22.7 Å². The first-order valence-corrected chi connectivity index (χ1v) is 13.4. The number of amides is 2. The van der Waals surface area contributed by atoms with Crippen molar-refractivity contribution >= 4 is 34.8 Å². The molecule has 2 aliphatic rings. The number of rotatable bonds is 8. The van der Waals surface area contributed by atoms with E-state index < -0.39 is 28.7 Å². The number of alkyl halides is 3. The number of hydrogen-bond donors (Lipinski definition) is 0. The van der Waals surface area contributed by atoms with E-state index in [0.717, 1.165) is 62.4 Å². The molecular formula is C27H36F3N5O2S. The van der Waals surface area contributed by atoms with Crippen LogP contribution in [0.2, 0.25) is 0 Å². The van der Waals surface area contributed by atoms with E-state index in [0.29, 0.717) is 12.6 Å². The average molecular weight is 552 g/mol. The van der Waals surface area contributed by atoms with Crippen LogP contribution in [0.25, 0.3) is 0 Å². The Bertz CT molecular complexity index is 1120. The molecule has 7 nitrogen and oxygen atoms in total. The third kappa shape index (κ3) is 6.12. The van der Waals surface area contributed by atoms with Crippen LogP contribution in [0.1, 0.15) is 71.4 Å². The molecule has 2 unspecified atom stereocenters. The van der Waals surface area contributed by atoms with Crippen molar-refractivity contribution in [3.63, 3.8) is 0 Å². The summed E-state index contributed by atoms with van der Waals surface area (Å²) in [7, 11) is 0. The van der Waals surface area contributed by atoms with E-state index >= 15 is 0 Å². The summed E-state index contributed by atoms with van der Waals surface area (Å²) < 4.78 is 40.5. The Labute approximate surface area is 228 Å². The second-order valence-corrected chi connectivity index (χ2v) is 11.1. The fourth-order valence-electron chi connectivity index (χ4n) is 5.33. The van der Waals surface area contributed by atoms with Crippen LogP contribution in [-0.2, 0) is 15.8 Å². The number of nitriles is 1. The maximum atomic E-state index is 13.5. The van der Waals surface area contributed by atoms with Crippen LogP contribution in [0.15, 0.2) is 18.2 Å². The molecule has 2 aliphatic heterocycles. The third-order valence-corrected chi connectivity index (χ3v) is 8.01. The van der Waals surface area contributed by atoms with Crippen molar-refractivity contribution < 1.29 is 22.8 Å². The summed E-state index contributed by atoms with van der Waals surface area (Å²) in [6.07, 6.45) is -0.998. The maximum absolute atomic E-state index is 13.5. The molecule has 2 amide bonds. The van der Waals surface area contributed by atoms with Gasteiger partial charge in [0.15, 0.2) is 5.11 Å². The van der Waals surface area contributed by atoms with E-state index in [4.69, 9.17) is 17.5 Å². The molecule has 0 radical (unpaired) electrons. The lowest BCUT2D eigenvalue weighted by Crippen LogP contribution is -2.57. The number of nitrogens with zero attached hydrogens (tertiary/aromatic N) is 5. The Balaban J connectivity index is 1.56. The molecule has 3 rings (SSSR count). The second-order valence-electron chi connectivity index (χ2n) is 10.8. The predicted molar refractivity (Wildman–Crippen MR) is 143 cm³/mol. The predicted octanol–water partition coefficient (Wildman–Crippen LogP) is 4.79. The van der Waals surface area contributed by atoms with Crippen LogP contribution in [0.5, 0.6) is 0 Å². The molecule has 2 heterocycles. The van der Waals surface area contributed by atoms with Gasteiger partial charge >= 0.3 is 6.18 Å². The van der Waals surface area contributed by atoms with Gasteiger partial charge in [-0.25, -0.2) is 0 Å². The Morgan fingerprint density at radius 1 is 1.11 bits per heavy atom. The molecule has 208 valence electrons. The van der Waals surface area contributed by atoms with Crippen molar-refractivity contribution in [3.05, 3.63) is 29.3 Å². The molecule has 0 aromatic heterocycles. The average Bonchev–Trinajstić information content (AvgIpc) is 3.00. The van der Waals surface area contributed by atoms with E-state index in [1.165, 1.54) is 6.07 Å². The van der Waals surface area contributed by atoms with Crippen LogP contribution in [0.4, 0.5) is 18.9 Å². The normalized spacial score (nSPS) is 22.2. The van der Waals surface area contributed by atoms with Gasteiger partial charge in [-0.3, -0.25) is 19.4 Å². The van der Waals surface area contributed by atoms with Gasteiger partial charge in [0.05, 0.1) is 22.9 Å². The highest BCUT2D eigenvalue weighted by Crippen LogP contribution is 2.38. The zero-order chi connectivity index (χ0) is 28.4. The Morgan fingerprint density at radius 2 is 1.74 bits per heavy atom. The first kappa shape index (κ1) is 29.8. The molecule has 1 aromatic carbocycles. The Hall–Kier alpha value is -2.71. The van der Waals surface area contributed by atoms with Gasteiger partial charge in [0.25, 0.3) is 5.91 Å². The van der Waals surface area contributed by atoms with Gasteiger partial charge in [-0.15, -0.1) is 0 Å². The largest absolute Gasteiger partial charge is 0.417 e. The quantitative estimate of drug-likeness (QED) is 0.342. The minimum absolute atomic E-state index is 0.00937. The molecule has 1 aromatic rings. The monoisotopic (exact) mass is 551 g/mol. The smallest absolute Gasteiger partial charge is 0.337 e. The van der Waals surface area contributed by atoms with Crippen molar-refractivity contribution in [3.8, 4) is 6.07 Å². The van der Waals surface area contributed by atoms with Gasteiger partial charge in [-0.05, 0) is 77.5 Å². The summed E-state index contributed by atoms with van der Waals surface area (Å²) in [6, 6.07) is 5.30. The summed E-state index contributed by atoms with van der Waals surface area (Å²) in [5.74, 6) is -0.281. The van der Waals surface area contributed by atoms with Gasteiger partial charge in [0, 0.05) is 38.6 Å². The van der Waals surface area contributed by atoms with Gasteiger partial charge in [-0.1, -0.05) is 12.8 Å². The molecule has 0 bridgehead atoms. The molecule has 38 heavy (non-hydrogen) atoms. The van der Waals surface area contributed by atoms with E-state index in [2.05, 4.69) is 18.7 Å². The van der Waals surface area contributed by atoms with Crippen LogP contribution >= 0.6 is 12.2 Å². The number of carbonyl (C=O) groups excluding carboxylic acids is 2. The van der Waals surface area contributed by atoms with Gasteiger partial charge in [0.2, 0.25) is 5.91 Å². The van der Waals surface area contributed by atoms with E-state index in [1.807, 2.05) is 4.90 Å². The lowest BCUT2D eigenvalue weighted by Gasteiger charge is -2.43. The van der Waals surface area contributed by atoms with Crippen LogP contribution in [0.3, 0.4) is 0 Å². The highest BCUT2D eigenvalue weighted by Gasteiger charge is 2.49. The number of benzene rings is 1. The zero-order valence-corrected chi connectivity index (χ0v) is 23.5. The van der Waals surface area contributed by atoms with E-state index in [9.17, 15) is 22.8 Å². The molecule has 0 N–H and O–H groups in total. The van der Waals surface area contributed by atoms with Crippen LogP contribution in [-0.4, -0.2) is 75.4 Å². The van der Waals surface area contributed by atoms with Crippen LogP contribution in [0, 0.1) is 11.3 Å². The van der Waals surface area contributed by atoms with Crippen molar-refractivity contribution in [1.82, 2.24) is 14.7 Å². The number of halogens is 3. The molecule has 2 atom stereocenters. The van der Waals surface area contributed by atoms with Crippen molar-refractivity contribution in [2.45, 2.75) is 84.1 Å². The lowest BCUT2D eigenvalue weighted by molar-refractivity contribution is -0.138. The van der Waals surface area contributed by atoms with Gasteiger partial charge < -0.3 is 9.80 Å². The SMILES string of the molecule is CC(=O)N1CC(C)N(CCCCCCN2C(=S)N(c3ccc(C#N)c(C(F)(F)F)c3)C(=O)C2(C)C)CC1C. The number of anilines is 1. The minimum atomic E-state index is -4.72. The number of hydrogen-bond acceptors (Lipinski definition) is 5. The van der Waals surface area contributed by atoms with Crippen molar-refractivity contribution in [2.75, 3.05) is 31.1 Å². The summed E-state index contributed by atoms with van der Waals surface area (Å²) in [4.78, 5) is 32.3. The number of thiocarbonyl (C=S) groups is 1. The first-order valence-electron chi connectivity index (χ1n) is 13.0. The molecular weight excluding hydrogens is 515 g/mol. The number of unbranched alkanes of at least 4 members (excludes halogenated alkanes) is 3. The second kappa shape index (κ2) is 11.6. The molecule has 0 aliphatic carbocycles. The highest BCUT2D eigenvalue weighted by atomic mass is 32.1. The zero-order valence-electron chi connectivity index (χ0n) is 22.6. The summed E-state index contributed by atoms with van der Waals surface area (Å²) in [5.41, 5.74) is -2.57. The molecule has 2 fully saturated rings. The fraction of sp³-hybridized carbons (Fsp3) is 0.630. The molecule has 0 saturated carbocycles. The summed E-state index contributed by atoms with van der Waals surface area (Å²) in [5, 5.41) is 9.24. The Kier molecular flexibility index (Phi) is 9.09. The third-order valence-electron chi connectivity index (χ3n) is 7.61. The maximum Gasteiger partial charge on any atom is 0.417 e.